The van der Waals surface area contributed by atoms with Crippen LogP contribution in [-0.2, 0) is 6.54 Å². The number of amides is 1. The highest BCUT2D eigenvalue weighted by molar-refractivity contribution is 6.05. The number of hydrogen-bond acceptors (Lipinski definition) is 3. The van der Waals surface area contributed by atoms with Crippen molar-refractivity contribution in [1.82, 2.24) is 10.3 Å². The number of rotatable bonds is 2. The fourth-order valence-corrected chi connectivity index (χ4v) is 3.35. The van der Waals surface area contributed by atoms with Crippen LogP contribution in [0.5, 0.6) is 0 Å². The lowest BCUT2D eigenvalue weighted by molar-refractivity contribution is 0.0966. The fourth-order valence-electron chi connectivity index (χ4n) is 3.35. The smallest absolute Gasteiger partial charge is 0.254 e. The maximum Gasteiger partial charge on any atom is 0.254 e. The number of benzene rings is 1. The molecule has 2 aliphatic rings. The van der Waals surface area contributed by atoms with Crippen LogP contribution < -0.4 is 10.2 Å². The summed E-state index contributed by atoms with van der Waals surface area (Å²) < 4.78 is 0. The van der Waals surface area contributed by atoms with Crippen molar-refractivity contribution < 1.29 is 4.79 Å². The Kier molecular flexibility index (Phi) is 2.88. The van der Waals surface area contributed by atoms with Gasteiger partial charge in [-0.2, -0.15) is 0 Å². The van der Waals surface area contributed by atoms with Gasteiger partial charge in [-0.3, -0.25) is 9.78 Å². The third-order valence-electron chi connectivity index (χ3n) is 4.38. The molecule has 0 spiro atoms. The summed E-state index contributed by atoms with van der Waals surface area (Å²) in [7, 11) is 0. The molecule has 21 heavy (non-hydrogen) atoms. The molecule has 2 aromatic rings. The highest BCUT2D eigenvalue weighted by atomic mass is 16.1. The molecule has 1 amide bonds. The van der Waals surface area contributed by atoms with Gasteiger partial charge in [-0.25, -0.2) is 0 Å². The van der Waals surface area contributed by atoms with E-state index in [2.05, 4.69) is 27.3 Å². The van der Waals surface area contributed by atoms with Crippen LogP contribution in [-0.4, -0.2) is 24.0 Å². The molecule has 106 valence electrons. The Labute approximate surface area is 123 Å². The molecule has 0 atom stereocenters. The number of aromatic nitrogens is 1. The third-order valence-corrected chi connectivity index (χ3v) is 4.38. The highest BCUT2D eigenvalue weighted by Gasteiger charge is 2.28. The van der Waals surface area contributed by atoms with Gasteiger partial charge in [0.1, 0.15) is 0 Å². The predicted octanol–water partition coefficient (Wildman–Crippen LogP) is 2.59. The van der Waals surface area contributed by atoms with Crippen molar-refractivity contribution in [1.29, 1.82) is 0 Å². The third kappa shape index (κ3) is 1.98. The van der Waals surface area contributed by atoms with Crippen molar-refractivity contribution in [2.45, 2.75) is 19.4 Å². The normalized spacial score (nSPS) is 17.0. The van der Waals surface area contributed by atoms with Crippen LogP contribution in [0, 0.1) is 0 Å². The van der Waals surface area contributed by atoms with Crippen molar-refractivity contribution in [2.75, 3.05) is 18.0 Å². The van der Waals surface area contributed by atoms with Crippen molar-refractivity contribution >= 4 is 11.6 Å². The summed E-state index contributed by atoms with van der Waals surface area (Å²) >= 11 is 0. The Hall–Kier alpha value is -2.36. The first-order valence-corrected chi connectivity index (χ1v) is 7.44. The minimum absolute atomic E-state index is 0.0582. The first-order valence-electron chi connectivity index (χ1n) is 7.44. The van der Waals surface area contributed by atoms with Crippen LogP contribution in [0.25, 0.3) is 11.1 Å². The van der Waals surface area contributed by atoms with Gasteiger partial charge >= 0.3 is 0 Å². The average molecular weight is 279 g/mol. The SMILES string of the molecule is O=C1NCc2c(-c3ccncc3)ccc(N3CCCC3)c21. The summed E-state index contributed by atoms with van der Waals surface area (Å²) in [6.45, 7) is 2.72. The van der Waals surface area contributed by atoms with E-state index in [0.29, 0.717) is 6.54 Å². The van der Waals surface area contributed by atoms with E-state index in [0.717, 1.165) is 41.0 Å². The zero-order valence-electron chi connectivity index (χ0n) is 11.8. The molecule has 4 heteroatoms. The maximum absolute atomic E-state index is 12.3. The van der Waals surface area contributed by atoms with Gasteiger partial charge < -0.3 is 10.2 Å². The number of carbonyl (C=O) groups is 1. The first-order chi connectivity index (χ1) is 10.3. The quantitative estimate of drug-likeness (QED) is 0.919. The van der Waals surface area contributed by atoms with E-state index in [-0.39, 0.29) is 5.91 Å². The van der Waals surface area contributed by atoms with Gasteiger partial charge in [0.25, 0.3) is 5.91 Å². The lowest BCUT2D eigenvalue weighted by Gasteiger charge is -2.21. The number of nitrogens with zero attached hydrogens (tertiary/aromatic N) is 2. The molecule has 0 saturated carbocycles. The van der Waals surface area contributed by atoms with E-state index >= 15 is 0 Å². The van der Waals surface area contributed by atoms with Crippen molar-refractivity contribution in [2.24, 2.45) is 0 Å². The van der Waals surface area contributed by atoms with Crippen molar-refractivity contribution in [3.8, 4) is 11.1 Å². The Morgan fingerprint density at radius 3 is 2.57 bits per heavy atom. The van der Waals surface area contributed by atoms with Gasteiger partial charge in [0, 0.05) is 37.7 Å². The number of fused-ring (bicyclic) bond motifs is 1. The molecule has 4 nitrogen and oxygen atoms in total. The van der Waals surface area contributed by atoms with E-state index in [9.17, 15) is 4.79 Å². The Bertz CT molecular complexity index is 691. The molecule has 1 saturated heterocycles. The number of hydrogen-bond donors (Lipinski definition) is 1. The summed E-state index contributed by atoms with van der Waals surface area (Å²) in [5, 5.41) is 2.98. The summed E-state index contributed by atoms with van der Waals surface area (Å²) in [6, 6.07) is 8.23. The monoisotopic (exact) mass is 279 g/mol. The minimum Gasteiger partial charge on any atom is -0.371 e. The number of nitrogens with one attached hydrogen (secondary N) is 1. The summed E-state index contributed by atoms with van der Waals surface area (Å²) in [6.07, 6.45) is 6.01. The number of carbonyl (C=O) groups excluding carboxylic acids is 1. The summed E-state index contributed by atoms with van der Waals surface area (Å²) in [4.78, 5) is 18.7. The molecule has 3 heterocycles. The second kappa shape index (κ2) is 4.88. The molecule has 0 unspecified atom stereocenters. The molecule has 0 aliphatic carbocycles. The van der Waals surface area contributed by atoms with Crippen LogP contribution in [0.1, 0.15) is 28.8 Å². The summed E-state index contributed by atoms with van der Waals surface area (Å²) in [5.74, 6) is 0.0582. The van der Waals surface area contributed by atoms with E-state index in [4.69, 9.17) is 0 Å². The number of pyridine rings is 1. The van der Waals surface area contributed by atoms with Crippen LogP contribution >= 0.6 is 0 Å². The van der Waals surface area contributed by atoms with E-state index < -0.39 is 0 Å². The van der Waals surface area contributed by atoms with Crippen LogP contribution in [0.2, 0.25) is 0 Å². The van der Waals surface area contributed by atoms with Gasteiger partial charge in [-0.05, 0) is 47.7 Å². The Balaban J connectivity index is 1.87. The lowest BCUT2D eigenvalue weighted by Crippen LogP contribution is -2.22. The topological polar surface area (TPSA) is 45.2 Å². The van der Waals surface area contributed by atoms with Gasteiger partial charge in [0.2, 0.25) is 0 Å². The zero-order valence-corrected chi connectivity index (χ0v) is 11.8. The van der Waals surface area contributed by atoms with Crippen molar-refractivity contribution in [3.05, 3.63) is 47.8 Å². The molecule has 2 aliphatic heterocycles. The molecule has 1 aromatic heterocycles. The molecular formula is C17H17N3O. The van der Waals surface area contributed by atoms with Crippen LogP contribution in [0.15, 0.2) is 36.7 Å². The van der Waals surface area contributed by atoms with E-state index in [1.165, 1.54) is 12.8 Å². The molecule has 1 aromatic carbocycles. The first kappa shape index (κ1) is 12.4. The maximum atomic E-state index is 12.3. The Morgan fingerprint density at radius 2 is 1.81 bits per heavy atom. The summed E-state index contributed by atoms with van der Waals surface area (Å²) in [5.41, 5.74) is 5.33. The largest absolute Gasteiger partial charge is 0.371 e. The molecular weight excluding hydrogens is 262 g/mol. The molecule has 1 fully saturated rings. The minimum atomic E-state index is 0.0582. The highest BCUT2D eigenvalue weighted by Crippen LogP contribution is 2.36. The van der Waals surface area contributed by atoms with Gasteiger partial charge in [-0.15, -0.1) is 0 Å². The lowest BCUT2D eigenvalue weighted by atomic mass is 9.96. The fraction of sp³-hybridized carbons (Fsp3) is 0.294. The Morgan fingerprint density at radius 1 is 1.05 bits per heavy atom. The zero-order chi connectivity index (χ0) is 14.2. The average Bonchev–Trinajstić information content (AvgIpc) is 3.18. The molecule has 1 N–H and O–H groups in total. The van der Waals surface area contributed by atoms with Gasteiger partial charge in [0.05, 0.1) is 5.56 Å². The van der Waals surface area contributed by atoms with E-state index in [1.54, 1.807) is 12.4 Å². The van der Waals surface area contributed by atoms with E-state index in [1.807, 2.05) is 12.1 Å². The standard InChI is InChI=1S/C17H17N3O/c21-17-16-14(11-19-17)13(12-5-7-18-8-6-12)3-4-15(16)20-9-1-2-10-20/h3-8H,1-2,9-11H2,(H,19,21). The molecule has 4 rings (SSSR count). The second-order valence-electron chi connectivity index (χ2n) is 5.60. The number of anilines is 1. The van der Waals surface area contributed by atoms with Crippen LogP contribution in [0.3, 0.4) is 0 Å². The second-order valence-corrected chi connectivity index (χ2v) is 5.60. The van der Waals surface area contributed by atoms with Gasteiger partial charge in [-0.1, -0.05) is 6.07 Å². The molecule has 0 bridgehead atoms. The molecule has 0 radical (unpaired) electrons. The predicted molar refractivity (Wildman–Crippen MR) is 82.3 cm³/mol. The van der Waals surface area contributed by atoms with Gasteiger partial charge in [0.15, 0.2) is 0 Å². The van der Waals surface area contributed by atoms with Crippen LogP contribution in [0.4, 0.5) is 5.69 Å². The van der Waals surface area contributed by atoms with Crippen molar-refractivity contribution in [3.63, 3.8) is 0 Å².